The van der Waals surface area contributed by atoms with Crippen LogP contribution in [0, 0.1) is 6.92 Å². The van der Waals surface area contributed by atoms with Gasteiger partial charge in [-0.3, -0.25) is 4.79 Å². The number of nitrogens with zero attached hydrogens (tertiary/aromatic N) is 2. The molecule has 0 spiro atoms. The number of carbonyl (C=O) groups excluding carboxylic acids is 2. The van der Waals surface area contributed by atoms with Crippen LogP contribution in [-0.4, -0.2) is 27.6 Å². The van der Waals surface area contributed by atoms with Crippen LogP contribution in [0.25, 0.3) is 0 Å². The molecule has 0 amide bonds. The Hall–Kier alpha value is -1.85. The first-order valence-corrected chi connectivity index (χ1v) is 8.93. The van der Waals surface area contributed by atoms with Gasteiger partial charge in [-0.15, -0.1) is 0 Å². The summed E-state index contributed by atoms with van der Waals surface area (Å²) in [5.41, 5.74) is 1.51. The summed E-state index contributed by atoms with van der Waals surface area (Å²) in [6, 6.07) is 7.36. The molecule has 25 heavy (non-hydrogen) atoms. The second-order valence-electron chi connectivity index (χ2n) is 6.11. The molecule has 3 rings (SSSR count). The zero-order valence-electron chi connectivity index (χ0n) is 13.8. The number of carbonyl (C=O) groups is 2. The van der Waals surface area contributed by atoms with Gasteiger partial charge in [0.2, 0.25) is 0 Å². The van der Waals surface area contributed by atoms with Gasteiger partial charge in [0.05, 0.1) is 12.2 Å². The lowest BCUT2D eigenvalue weighted by Gasteiger charge is -2.20. The monoisotopic (exact) mass is 380 g/mol. The van der Waals surface area contributed by atoms with Crippen LogP contribution < -0.4 is 0 Å². The van der Waals surface area contributed by atoms with Crippen molar-refractivity contribution >= 4 is 35.0 Å². The fraction of sp³-hybridized carbons (Fsp3) is 0.389. The molecule has 1 fully saturated rings. The van der Waals surface area contributed by atoms with E-state index in [-0.39, 0.29) is 16.5 Å². The predicted molar refractivity (Wildman–Crippen MR) is 95.2 cm³/mol. The lowest BCUT2D eigenvalue weighted by molar-refractivity contribution is -0.129. The number of hydrogen-bond acceptors (Lipinski definition) is 4. The molecule has 5 nitrogen and oxygen atoms in total. The minimum Gasteiger partial charge on any atom is -0.451 e. The van der Waals surface area contributed by atoms with E-state index in [1.165, 1.54) is 4.68 Å². The highest BCUT2D eigenvalue weighted by molar-refractivity contribution is 6.33. The number of esters is 1. The molecule has 0 aliphatic heterocycles. The minimum absolute atomic E-state index is 0.0307. The first kappa shape index (κ1) is 18.0. The lowest BCUT2D eigenvalue weighted by atomic mass is 9.96. The number of ether oxygens (including phenoxy) is 1. The molecule has 2 aromatic rings. The van der Waals surface area contributed by atoms with Crippen molar-refractivity contribution < 1.29 is 14.3 Å². The van der Waals surface area contributed by atoms with Gasteiger partial charge in [-0.2, -0.15) is 5.10 Å². The van der Waals surface area contributed by atoms with Crippen molar-refractivity contribution in [1.29, 1.82) is 0 Å². The summed E-state index contributed by atoms with van der Waals surface area (Å²) in [7, 11) is 0. The molecule has 0 saturated heterocycles. The van der Waals surface area contributed by atoms with Gasteiger partial charge < -0.3 is 4.74 Å². The quantitative estimate of drug-likeness (QED) is 0.745. The molecule has 1 saturated carbocycles. The molecule has 132 valence electrons. The zero-order valence-corrected chi connectivity index (χ0v) is 15.3. The molecule has 0 radical (unpaired) electrons. The van der Waals surface area contributed by atoms with Gasteiger partial charge in [-0.1, -0.05) is 41.4 Å². The number of halogens is 2. The average Bonchev–Trinajstić information content (AvgIpc) is 2.86. The molecular weight excluding hydrogens is 363 g/mol. The predicted octanol–water partition coefficient (Wildman–Crippen LogP) is 4.22. The Labute approximate surface area is 155 Å². The molecule has 1 heterocycles. The van der Waals surface area contributed by atoms with Crippen molar-refractivity contribution in [2.75, 3.05) is 0 Å². The molecule has 0 N–H and O–H groups in total. The molecule has 1 aliphatic carbocycles. The Morgan fingerprint density at radius 2 is 2.08 bits per heavy atom. The summed E-state index contributed by atoms with van der Waals surface area (Å²) in [6.45, 7) is 2.03. The second-order valence-corrected chi connectivity index (χ2v) is 6.87. The van der Waals surface area contributed by atoms with Crippen LogP contribution in [0.3, 0.4) is 0 Å². The Morgan fingerprint density at radius 3 is 2.80 bits per heavy atom. The van der Waals surface area contributed by atoms with Gasteiger partial charge in [0.1, 0.15) is 10.7 Å². The maximum atomic E-state index is 12.5. The van der Waals surface area contributed by atoms with Crippen molar-refractivity contribution in [2.45, 2.75) is 45.3 Å². The van der Waals surface area contributed by atoms with Gasteiger partial charge in [0.15, 0.2) is 11.9 Å². The minimum atomic E-state index is -0.677. The van der Waals surface area contributed by atoms with Crippen molar-refractivity contribution in [3.05, 3.63) is 51.3 Å². The number of Topliss-reactive ketones (excluding diaryl/α,β-unsaturated/α-hetero) is 1. The van der Waals surface area contributed by atoms with Crippen LogP contribution in [-0.2, 0) is 16.1 Å². The molecule has 7 heteroatoms. The summed E-state index contributed by atoms with van der Waals surface area (Å²) < 4.78 is 6.90. The molecule has 1 aromatic heterocycles. The summed E-state index contributed by atoms with van der Waals surface area (Å²) in [5.74, 6) is -0.634. The summed E-state index contributed by atoms with van der Waals surface area (Å²) in [6.07, 6.45) is 2.07. The highest BCUT2D eigenvalue weighted by Gasteiger charge is 2.29. The highest BCUT2D eigenvalue weighted by Crippen LogP contribution is 2.26. The van der Waals surface area contributed by atoms with Crippen molar-refractivity contribution in [1.82, 2.24) is 9.78 Å². The van der Waals surface area contributed by atoms with Crippen LogP contribution in [0.15, 0.2) is 24.3 Å². The van der Waals surface area contributed by atoms with Crippen molar-refractivity contribution in [3.63, 3.8) is 0 Å². The molecule has 0 unspecified atom stereocenters. The Morgan fingerprint density at radius 1 is 1.32 bits per heavy atom. The standard InChI is InChI=1S/C18H18Cl2N2O3/c1-11-16(18(24)25-15-9-5-4-8-14(15)23)17(20)22(21-11)10-12-6-2-3-7-13(12)19/h2-3,6-7,15H,4-5,8-10H2,1H3/t15-/m0/s1. The zero-order chi connectivity index (χ0) is 18.0. The van der Waals surface area contributed by atoms with E-state index in [1.54, 1.807) is 13.0 Å². The number of benzene rings is 1. The van der Waals surface area contributed by atoms with E-state index in [0.717, 1.165) is 18.4 Å². The third-order valence-electron chi connectivity index (χ3n) is 4.30. The van der Waals surface area contributed by atoms with Crippen molar-refractivity contribution in [3.8, 4) is 0 Å². The molecule has 1 atom stereocenters. The van der Waals surface area contributed by atoms with E-state index < -0.39 is 12.1 Å². The van der Waals surface area contributed by atoms with Gasteiger partial charge in [-0.25, -0.2) is 9.48 Å². The smallest absolute Gasteiger partial charge is 0.343 e. The van der Waals surface area contributed by atoms with E-state index in [0.29, 0.717) is 30.1 Å². The topological polar surface area (TPSA) is 61.2 Å². The van der Waals surface area contributed by atoms with Crippen LogP contribution in [0.4, 0.5) is 0 Å². The number of aryl methyl sites for hydroxylation is 1. The van der Waals surface area contributed by atoms with Crippen LogP contribution in [0.2, 0.25) is 10.2 Å². The maximum Gasteiger partial charge on any atom is 0.343 e. The highest BCUT2D eigenvalue weighted by atomic mass is 35.5. The van der Waals surface area contributed by atoms with E-state index >= 15 is 0 Å². The van der Waals surface area contributed by atoms with Gasteiger partial charge >= 0.3 is 5.97 Å². The van der Waals surface area contributed by atoms with Gasteiger partial charge in [0, 0.05) is 11.4 Å². The second kappa shape index (κ2) is 7.58. The third kappa shape index (κ3) is 3.88. The Balaban J connectivity index is 1.80. The lowest BCUT2D eigenvalue weighted by Crippen LogP contribution is -2.30. The van der Waals surface area contributed by atoms with E-state index in [1.807, 2.05) is 18.2 Å². The van der Waals surface area contributed by atoms with Gasteiger partial charge in [0.25, 0.3) is 0 Å². The average molecular weight is 381 g/mol. The molecular formula is C18H18Cl2N2O3. The Bertz CT molecular complexity index is 817. The number of aromatic nitrogens is 2. The number of ketones is 1. The molecule has 0 bridgehead atoms. The van der Waals surface area contributed by atoms with E-state index in [9.17, 15) is 9.59 Å². The van der Waals surface area contributed by atoms with Gasteiger partial charge in [-0.05, 0) is 37.8 Å². The number of rotatable bonds is 4. The van der Waals surface area contributed by atoms with Crippen LogP contribution in [0.5, 0.6) is 0 Å². The molecule has 1 aromatic carbocycles. The van der Waals surface area contributed by atoms with Crippen LogP contribution in [0.1, 0.15) is 47.3 Å². The van der Waals surface area contributed by atoms with E-state index in [4.69, 9.17) is 27.9 Å². The first-order chi connectivity index (χ1) is 12.0. The van der Waals surface area contributed by atoms with Crippen LogP contribution >= 0.6 is 23.2 Å². The fourth-order valence-electron chi connectivity index (χ4n) is 2.94. The fourth-order valence-corrected chi connectivity index (χ4v) is 3.45. The Kier molecular flexibility index (Phi) is 5.45. The van der Waals surface area contributed by atoms with E-state index in [2.05, 4.69) is 5.10 Å². The van der Waals surface area contributed by atoms with Crippen molar-refractivity contribution in [2.24, 2.45) is 0 Å². The summed E-state index contributed by atoms with van der Waals surface area (Å²) in [5, 5.41) is 5.11. The summed E-state index contributed by atoms with van der Waals surface area (Å²) in [4.78, 5) is 24.4. The SMILES string of the molecule is Cc1nn(Cc2ccccc2Cl)c(Cl)c1C(=O)O[C@H]1CCCCC1=O. The summed E-state index contributed by atoms with van der Waals surface area (Å²) >= 11 is 12.5. The largest absolute Gasteiger partial charge is 0.451 e. The third-order valence-corrected chi connectivity index (χ3v) is 5.05. The number of hydrogen-bond donors (Lipinski definition) is 0. The molecule has 1 aliphatic rings. The normalized spacial score (nSPS) is 17.6. The first-order valence-electron chi connectivity index (χ1n) is 8.17. The maximum absolute atomic E-state index is 12.5.